The standard InChI is InChI=1S/C9H11F2NO3S/c1-6(5-13)12-16(14,15)9-7(10)3-2-4-8(9)11/h2-4,6,12-13H,5H2,1H3/t6-/m0/s1. The SMILES string of the molecule is C[C@@H](CO)NS(=O)(=O)c1c(F)cccc1F. The van der Waals surface area contributed by atoms with Crippen molar-refractivity contribution in [1.82, 2.24) is 4.72 Å². The summed E-state index contributed by atoms with van der Waals surface area (Å²) in [4.78, 5) is -1.03. The molecule has 0 radical (unpaired) electrons. The molecule has 0 aliphatic carbocycles. The van der Waals surface area contributed by atoms with Crippen LogP contribution >= 0.6 is 0 Å². The van der Waals surface area contributed by atoms with E-state index in [-0.39, 0.29) is 0 Å². The normalized spacial score (nSPS) is 13.8. The molecule has 0 aliphatic heterocycles. The zero-order chi connectivity index (χ0) is 12.3. The molecule has 7 heteroatoms. The number of rotatable bonds is 4. The second-order valence-corrected chi connectivity index (χ2v) is 4.91. The summed E-state index contributed by atoms with van der Waals surface area (Å²) in [5, 5.41) is 8.67. The van der Waals surface area contributed by atoms with Gasteiger partial charge in [-0.1, -0.05) is 6.07 Å². The van der Waals surface area contributed by atoms with Crippen molar-refractivity contribution < 1.29 is 22.3 Å². The van der Waals surface area contributed by atoms with Gasteiger partial charge in [-0.15, -0.1) is 0 Å². The smallest absolute Gasteiger partial charge is 0.246 e. The molecule has 0 spiro atoms. The third kappa shape index (κ3) is 2.75. The summed E-state index contributed by atoms with van der Waals surface area (Å²) in [7, 11) is -4.29. The highest BCUT2D eigenvalue weighted by Crippen LogP contribution is 2.18. The van der Waals surface area contributed by atoms with Gasteiger partial charge in [0.25, 0.3) is 0 Å². The molecule has 0 bridgehead atoms. The van der Waals surface area contributed by atoms with Crippen molar-refractivity contribution in [3.8, 4) is 0 Å². The van der Waals surface area contributed by atoms with Gasteiger partial charge in [-0.05, 0) is 19.1 Å². The summed E-state index contributed by atoms with van der Waals surface area (Å²) < 4.78 is 51.4. The predicted molar refractivity (Wildman–Crippen MR) is 53.2 cm³/mol. The van der Waals surface area contributed by atoms with Gasteiger partial charge in [0.2, 0.25) is 10.0 Å². The highest BCUT2D eigenvalue weighted by atomic mass is 32.2. The Kier molecular flexibility index (Phi) is 3.95. The van der Waals surface area contributed by atoms with E-state index in [1.165, 1.54) is 6.92 Å². The number of aliphatic hydroxyl groups excluding tert-OH is 1. The number of hydrogen-bond acceptors (Lipinski definition) is 3. The first-order valence-corrected chi connectivity index (χ1v) is 5.94. The first-order valence-electron chi connectivity index (χ1n) is 4.45. The Hall–Kier alpha value is -1.05. The summed E-state index contributed by atoms with van der Waals surface area (Å²) in [6.07, 6.45) is 0. The molecule has 2 N–H and O–H groups in total. The van der Waals surface area contributed by atoms with E-state index in [4.69, 9.17) is 5.11 Å². The topological polar surface area (TPSA) is 66.4 Å². The molecule has 0 aromatic heterocycles. The minimum absolute atomic E-state index is 0.463. The number of aliphatic hydroxyl groups is 1. The van der Waals surface area contributed by atoms with E-state index < -0.39 is 39.2 Å². The fraction of sp³-hybridized carbons (Fsp3) is 0.333. The monoisotopic (exact) mass is 251 g/mol. The van der Waals surface area contributed by atoms with Crippen LogP contribution < -0.4 is 4.72 Å². The molecule has 1 aromatic rings. The average molecular weight is 251 g/mol. The molecule has 90 valence electrons. The summed E-state index contributed by atoms with van der Waals surface area (Å²) in [5.74, 6) is -2.34. The first-order chi connectivity index (χ1) is 7.38. The van der Waals surface area contributed by atoms with E-state index in [1.54, 1.807) is 0 Å². The molecule has 16 heavy (non-hydrogen) atoms. The second kappa shape index (κ2) is 4.86. The van der Waals surface area contributed by atoms with Gasteiger partial charge >= 0.3 is 0 Å². The minimum Gasteiger partial charge on any atom is -0.395 e. The number of hydrogen-bond donors (Lipinski definition) is 2. The Morgan fingerprint density at radius 1 is 1.38 bits per heavy atom. The van der Waals surface area contributed by atoms with Crippen LogP contribution in [0.2, 0.25) is 0 Å². The quantitative estimate of drug-likeness (QED) is 0.824. The lowest BCUT2D eigenvalue weighted by Crippen LogP contribution is -2.35. The lowest BCUT2D eigenvalue weighted by atomic mass is 10.3. The molecule has 0 unspecified atom stereocenters. The van der Waals surface area contributed by atoms with Crippen LogP contribution in [-0.2, 0) is 10.0 Å². The molecule has 0 saturated heterocycles. The van der Waals surface area contributed by atoms with Gasteiger partial charge in [0.15, 0.2) is 4.90 Å². The molecule has 0 saturated carbocycles. The maximum Gasteiger partial charge on any atom is 0.246 e. The van der Waals surface area contributed by atoms with Crippen molar-refractivity contribution in [2.45, 2.75) is 17.9 Å². The van der Waals surface area contributed by atoms with E-state index in [0.717, 1.165) is 18.2 Å². The maximum atomic E-state index is 13.2. The molecule has 0 heterocycles. The molecular weight excluding hydrogens is 240 g/mol. The molecule has 4 nitrogen and oxygen atoms in total. The second-order valence-electron chi connectivity index (χ2n) is 3.26. The number of sulfonamides is 1. The van der Waals surface area contributed by atoms with Crippen LogP contribution in [0.4, 0.5) is 8.78 Å². The summed E-state index contributed by atoms with van der Waals surface area (Å²) in [6.45, 7) is 0.908. The van der Waals surface area contributed by atoms with E-state index in [9.17, 15) is 17.2 Å². The number of halogens is 2. The van der Waals surface area contributed by atoms with Crippen LogP contribution in [0.25, 0.3) is 0 Å². The highest BCUT2D eigenvalue weighted by molar-refractivity contribution is 7.89. The van der Waals surface area contributed by atoms with Crippen LogP contribution in [0.5, 0.6) is 0 Å². The van der Waals surface area contributed by atoms with Crippen molar-refractivity contribution in [3.63, 3.8) is 0 Å². The molecule has 0 aliphatic rings. The summed E-state index contributed by atoms with van der Waals surface area (Å²) in [6, 6.07) is 1.95. The van der Waals surface area contributed by atoms with E-state index in [1.807, 2.05) is 4.72 Å². The third-order valence-electron chi connectivity index (χ3n) is 1.82. The Labute approximate surface area is 92.0 Å². The van der Waals surface area contributed by atoms with Gasteiger partial charge in [-0.25, -0.2) is 21.9 Å². The van der Waals surface area contributed by atoms with Gasteiger partial charge in [0.1, 0.15) is 11.6 Å². The molecule has 1 aromatic carbocycles. The first kappa shape index (κ1) is 13.0. The van der Waals surface area contributed by atoms with Crippen molar-refractivity contribution in [3.05, 3.63) is 29.8 Å². The number of nitrogens with one attached hydrogen (secondary N) is 1. The minimum atomic E-state index is -4.29. The van der Waals surface area contributed by atoms with Crippen LogP contribution in [0.15, 0.2) is 23.1 Å². The van der Waals surface area contributed by atoms with E-state index >= 15 is 0 Å². The Balaban J connectivity index is 3.17. The third-order valence-corrected chi connectivity index (χ3v) is 3.46. The van der Waals surface area contributed by atoms with E-state index in [0.29, 0.717) is 0 Å². The Bertz CT molecular complexity index is 455. The lowest BCUT2D eigenvalue weighted by Gasteiger charge is -2.12. The molecule has 0 fully saturated rings. The van der Waals surface area contributed by atoms with Crippen LogP contribution in [0.1, 0.15) is 6.92 Å². The fourth-order valence-electron chi connectivity index (χ4n) is 1.10. The van der Waals surface area contributed by atoms with Gasteiger partial charge in [-0.3, -0.25) is 0 Å². The summed E-state index contributed by atoms with van der Waals surface area (Å²) in [5.41, 5.74) is 0. The van der Waals surface area contributed by atoms with Gasteiger partial charge in [0.05, 0.1) is 6.61 Å². The summed E-state index contributed by atoms with van der Waals surface area (Å²) >= 11 is 0. The Morgan fingerprint density at radius 2 is 1.88 bits per heavy atom. The van der Waals surface area contributed by atoms with Crippen molar-refractivity contribution in [2.75, 3.05) is 6.61 Å². The maximum absolute atomic E-state index is 13.2. The van der Waals surface area contributed by atoms with Gasteiger partial charge in [0, 0.05) is 6.04 Å². The zero-order valence-corrected chi connectivity index (χ0v) is 9.26. The molecule has 0 amide bonds. The Morgan fingerprint density at radius 3 is 2.31 bits per heavy atom. The van der Waals surface area contributed by atoms with Gasteiger partial charge < -0.3 is 5.11 Å². The van der Waals surface area contributed by atoms with E-state index in [2.05, 4.69) is 0 Å². The van der Waals surface area contributed by atoms with Crippen LogP contribution in [-0.4, -0.2) is 26.2 Å². The van der Waals surface area contributed by atoms with Gasteiger partial charge in [-0.2, -0.15) is 0 Å². The largest absolute Gasteiger partial charge is 0.395 e. The molecule has 1 atom stereocenters. The predicted octanol–water partition coefficient (Wildman–Crippen LogP) is 0.624. The van der Waals surface area contributed by atoms with Crippen molar-refractivity contribution in [1.29, 1.82) is 0 Å². The zero-order valence-electron chi connectivity index (χ0n) is 8.44. The average Bonchev–Trinajstić information content (AvgIpc) is 2.16. The van der Waals surface area contributed by atoms with Crippen molar-refractivity contribution >= 4 is 10.0 Å². The van der Waals surface area contributed by atoms with Crippen LogP contribution in [0, 0.1) is 11.6 Å². The fourth-order valence-corrected chi connectivity index (χ4v) is 2.47. The highest BCUT2D eigenvalue weighted by Gasteiger charge is 2.24. The lowest BCUT2D eigenvalue weighted by molar-refractivity contribution is 0.265. The number of benzene rings is 1. The van der Waals surface area contributed by atoms with Crippen LogP contribution in [0.3, 0.4) is 0 Å². The van der Waals surface area contributed by atoms with Crippen molar-refractivity contribution in [2.24, 2.45) is 0 Å². The molecular formula is C9H11F2NO3S. The molecule has 1 rings (SSSR count).